The van der Waals surface area contributed by atoms with E-state index in [-0.39, 0.29) is 11.0 Å². The second-order valence-electron chi connectivity index (χ2n) is 5.24. The quantitative estimate of drug-likeness (QED) is 0.403. The molecule has 0 fully saturated rings. The Kier molecular flexibility index (Phi) is 20.1. The van der Waals surface area contributed by atoms with E-state index in [1.807, 2.05) is 19.1 Å². The number of benzene rings is 2. The van der Waals surface area contributed by atoms with E-state index in [1.165, 1.54) is 0 Å². The van der Waals surface area contributed by atoms with Gasteiger partial charge in [-0.1, -0.05) is 39.2 Å². The summed E-state index contributed by atoms with van der Waals surface area (Å²) in [5.41, 5.74) is 16.5. The van der Waals surface area contributed by atoms with Crippen molar-refractivity contribution in [2.45, 2.75) is 39.9 Å². The molecule has 11 heteroatoms. The molecule has 0 aromatic heterocycles. The zero-order chi connectivity index (χ0) is 21.0. The first-order valence-electron chi connectivity index (χ1n) is 8.33. The van der Waals surface area contributed by atoms with Crippen molar-refractivity contribution < 1.29 is 11.0 Å². The predicted octanol–water partition coefficient (Wildman–Crippen LogP) is 4.86. The standard InChI is InChI=1S/C10H14N2S.C6H4Br2N2S.C2H5B.2H2O/c1-3-7-5-6-8(4-2)10(12-13)9(7)11;7-3-1-2-4(8)6(10-11)5(3)9;1-2-3;;/h5-6H,3-4,11H2,1-2H3;1-2H,9H2;2H2,1H3;2*1H2. The molecule has 0 atom stereocenters. The van der Waals surface area contributed by atoms with Gasteiger partial charge in [0.15, 0.2) is 0 Å². The highest BCUT2D eigenvalue weighted by molar-refractivity contribution is 9.11. The van der Waals surface area contributed by atoms with Crippen LogP contribution in [0.25, 0.3) is 0 Å². The predicted molar refractivity (Wildman–Crippen MR) is 138 cm³/mol. The first-order valence-corrected chi connectivity index (χ1v) is 10.6. The van der Waals surface area contributed by atoms with Gasteiger partial charge in [-0.2, -0.15) is 8.73 Å². The van der Waals surface area contributed by atoms with Crippen LogP contribution in [0.15, 0.2) is 41.9 Å². The zero-order valence-electron chi connectivity index (χ0n) is 16.6. The van der Waals surface area contributed by atoms with Gasteiger partial charge in [-0.15, -0.1) is 0 Å². The summed E-state index contributed by atoms with van der Waals surface area (Å²) >= 11 is 15.8. The fourth-order valence-corrected chi connectivity index (χ4v) is 3.33. The van der Waals surface area contributed by atoms with Crippen molar-refractivity contribution in [3.63, 3.8) is 0 Å². The Bertz CT molecular complexity index is 784. The molecule has 0 saturated heterocycles. The lowest BCUT2D eigenvalue weighted by Gasteiger charge is -2.09. The minimum Gasteiger partial charge on any atom is -0.412 e. The molecule has 0 aliphatic heterocycles. The van der Waals surface area contributed by atoms with Crippen LogP contribution >= 0.6 is 31.9 Å². The Labute approximate surface area is 201 Å². The Balaban J connectivity index is -0.000000390. The second kappa shape index (κ2) is 17.8. The monoisotopic (exact) mass is 564 g/mol. The van der Waals surface area contributed by atoms with Gasteiger partial charge >= 0.3 is 0 Å². The van der Waals surface area contributed by atoms with Crippen LogP contribution in [0.2, 0.25) is 6.32 Å². The maximum Gasteiger partial charge on any atom is 0.115 e. The second-order valence-corrected chi connectivity index (χ2v) is 7.31. The summed E-state index contributed by atoms with van der Waals surface area (Å²) in [5.74, 6) is 0. The number of nitrogen functional groups attached to an aromatic ring is 2. The summed E-state index contributed by atoms with van der Waals surface area (Å²) < 4.78 is 9.04. The Hall–Kier alpha value is -0.975. The third-order valence-electron chi connectivity index (χ3n) is 3.45. The number of anilines is 2. The van der Waals surface area contributed by atoms with Gasteiger partial charge in [0.2, 0.25) is 0 Å². The third-order valence-corrected chi connectivity index (χ3v) is 5.15. The Morgan fingerprint density at radius 3 is 1.59 bits per heavy atom. The number of halogens is 2. The molecular weight excluding hydrogens is 539 g/mol. The van der Waals surface area contributed by atoms with E-state index in [0.29, 0.717) is 11.4 Å². The maximum absolute atomic E-state index is 5.92. The Morgan fingerprint density at radius 1 is 0.793 bits per heavy atom. The van der Waals surface area contributed by atoms with E-state index >= 15 is 0 Å². The number of rotatable bonds is 4. The van der Waals surface area contributed by atoms with E-state index in [4.69, 9.17) is 31.7 Å². The van der Waals surface area contributed by atoms with E-state index in [9.17, 15) is 0 Å². The molecule has 8 N–H and O–H groups in total. The van der Waals surface area contributed by atoms with Crippen molar-refractivity contribution in [3.8, 4) is 0 Å². The first kappa shape index (κ1) is 32.7. The summed E-state index contributed by atoms with van der Waals surface area (Å²) in [7, 11) is 4.85. The molecule has 0 saturated carbocycles. The average Bonchev–Trinajstić information content (AvgIpc) is 2.66. The summed E-state index contributed by atoms with van der Waals surface area (Å²) in [5, 5.41) is 0. The Morgan fingerprint density at radius 2 is 1.21 bits per heavy atom. The maximum atomic E-state index is 5.92. The molecule has 0 heterocycles. The lowest BCUT2D eigenvalue weighted by Crippen LogP contribution is -1.96. The largest absolute Gasteiger partial charge is 0.412 e. The normalized spacial score (nSPS) is 8.72. The summed E-state index contributed by atoms with van der Waals surface area (Å²) in [6, 6.07) is 7.79. The molecule has 0 aliphatic carbocycles. The molecule has 6 nitrogen and oxygen atoms in total. The van der Waals surface area contributed by atoms with Crippen LogP contribution in [0.4, 0.5) is 22.7 Å². The highest BCUT2D eigenvalue weighted by atomic mass is 79.9. The highest BCUT2D eigenvalue weighted by Gasteiger charge is 2.07. The van der Waals surface area contributed by atoms with Crippen molar-refractivity contribution in [1.29, 1.82) is 0 Å². The van der Waals surface area contributed by atoms with Gasteiger partial charge in [-0.3, -0.25) is 0 Å². The fourth-order valence-electron chi connectivity index (χ4n) is 2.05. The molecule has 0 aliphatic rings. The molecule has 0 amide bonds. The van der Waals surface area contributed by atoms with E-state index < -0.39 is 0 Å². The van der Waals surface area contributed by atoms with Gasteiger partial charge in [-0.25, -0.2) is 0 Å². The van der Waals surface area contributed by atoms with Crippen molar-refractivity contribution in [2.75, 3.05) is 11.5 Å². The molecule has 29 heavy (non-hydrogen) atoms. The first-order chi connectivity index (χ1) is 12.8. The van der Waals surface area contributed by atoms with Crippen LogP contribution < -0.4 is 11.5 Å². The summed E-state index contributed by atoms with van der Waals surface area (Å²) in [6.07, 6.45) is 2.59. The lowest BCUT2D eigenvalue weighted by atomic mass is 10.0. The van der Waals surface area contributed by atoms with Crippen molar-refractivity contribution in [3.05, 3.63) is 44.3 Å². The minimum absolute atomic E-state index is 0. The molecule has 2 aromatic rings. The van der Waals surface area contributed by atoms with Crippen LogP contribution in [-0.2, 0) is 37.7 Å². The molecule has 0 unspecified atom stereocenters. The van der Waals surface area contributed by atoms with E-state index in [0.717, 1.165) is 50.6 Å². The topological polar surface area (TPSA) is 140 Å². The van der Waals surface area contributed by atoms with Crippen molar-refractivity contribution in [2.24, 2.45) is 8.73 Å². The van der Waals surface area contributed by atoms with Crippen molar-refractivity contribution >= 4 is 87.3 Å². The number of nitrogens with zero attached hydrogens (tertiary/aromatic N) is 2. The highest BCUT2D eigenvalue weighted by Crippen LogP contribution is 2.36. The van der Waals surface area contributed by atoms with Crippen molar-refractivity contribution in [1.82, 2.24) is 0 Å². The molecule has 0 bridgehead atoms. The zero-order valence-corrected chi connectivity index (χ0v) is 21.4. The number of aryl methyl sites for hydroxylation is 2. The van der Waals surface area contributed by atoms with Crippen LogP contribution in [-0.4, -0.2) is 18.8 Å². The number of hydrogen-bond acceptors (Lipinski definition) is 6. The number of nitrogens with two attached hydrogens (primary N) is 2. The summed E-state index contributed by atoms with van der Waals surface area (Å²) in [6.45, 7) is 6.05. The van der Waals surface area contributed by atoms with Crippen LogP contribution in [0.3, 0.4) is 0 Å². The van der Waals surface area contributed by atoms with Crippen LogP contribution in [0, 0.1) is 0 Å². The van der Waals surface area contributed by atoms with Gasteiger partial charge in [0.1, 0.15) is 11.4 Å². The molecule has 2 rings (SSSR count). The lowest BCUT2D eigenvalue weighted by molar-refractivity contribution is 0.823. The SMILES string of the molecule is CCc1ccc(CC)c(N=S)c1N.Nc1c(Br)ccc(Br)c1N=S.O.O.[B]CC. The van der Waals surface area contributed by atoms with Gasteiger partial charge < -0.3 is 22.4 Å². The van der Waals surface area contributed by atoms with E-state index in [1.54, 1.807) is 0 Å². The van der Waals surface area contributed by atoms with Gasteiger partial charge in [-0.05, 0) is 68.0 Å². The minimum atomic E-state index is 0. The third kappa shape index (κ3) is 10.1. The molecule has 2 radical (unpaired) electrons. The number of hydrogen-bond donors (Lipinski definition) is 2. The molecule has 0 spiro atoms. The molecule has 160 valence electrons. The van der Waals surface area contributed by atoms with Crippen LogP contribution in [0.1, 0.15) is 31.9 Å². The smallest absolute Gasteiger partial charge is 0.115 e. The van der Waals surface area contributed by atoms with Gasteiger partial charge in [0, 0.05) is 33.8 Å². The van der Waals surface area contributed by atoms with Gasteiger partial charge in [0.05, 0.1) is 19.2 Å². The summed E-state index contributed by atoms with van der Waals surface area (Å²) in [4.78, 5) is 0. The fraction of sp³-hybridized carbons (Fsp3) is 0.333. The molecule has 2 aromatic carbocycles. The van der Waals surface area contributed by atoms with Gasteiger partial charge in [0.25, 0.3) is 0 Å². The van der Waals surface area contributed by atoms with Crippen LogP contribution in [0.5, 0.6) is 0 Å². The average molecular weight is 566 g/mol. The molecular formula is C18H27BBr2N4O2S2. The van der Waals surface area contributed by atoms with E-state index in [2.05, 4.69) is 79.0 Å².